The van der Waals surface area contributed by atoms with Crippen molar-refractivity contribution in [1.29, 1.82) is 0 Å². The minimum absolute atomic E-state index is 0.00699. The molecule has 11 heteroatoms. The number of hydrogen-bond donors (Lipinski definition) is 2. The molecular weight excluding hydrogens is 446 g/mol. The average molecular weight is 474 g/mol. The fourth-order valence-corrected chi connectivity index (χ4v) is 4.55. The second-order valence-corrected chi connectivity index (χ2v) is 10.1. The molecule has 10 nitrogen and oxygen atoms in total. The summed E-state index contributed by atoms with van der Waals surface area (Å²) in [7, 11) is -0.852. The zero-order valence-electron chi connectivity index (χ0n) is 19.2. The molecule has 176 valence electrons. The van der Waals surface area contributed by atoms with Gasteiger partial charge in [-0.25, -0.2) is 22.5 Å². The van der Waals surface area contributed by atoms with Crippen molar-refractivity contribution in [3.05, 3.63) is 68.0 Å². The molecule has 2 N–H and O–H groups in total. The lowest BCUT2D eigenvalue weighted by molar-refractivity contribution is 0.0952. The van der Waals surface area contributed by atoms with Crippen molar-refractivity contribution in [3.8, 4) is 0 Å². The second-order valence-electron chi connectivity index (χ2n) is 8.03. The summed E-state index contributed by atoms with van der Waals surface area (Å²) in [5, 5.41) is 2.72. The van der Waals surface area contributed by atoms with Gasteiger partial charge in [0.2, 0.25) is 10.0 Å². The van der Waals surface area contributed by atoms with E-state index in [4.69, 9.17) is 0 Å². The first-order chi connectivity index (χ1) is 15.5. The predicted octanol–water partition coefficient (Wildman–Crippen LogP) is 1.41. The van der Waals surface area contributed by atoms with Crippen LogP contribution in [0.25, 0.3) is 11.0 Å². The van der Waals surface area contributed by atoms with E-state index in [1.54, 1.807) is 25.1 Å². The number of carbonyl (C=O) groups excluding carboxylic acids is 1. The number of rotatable bonds is 7. The molecule has 0 aliphatic heterocycles. The number of amides is 1. The van der Waals surface area contributed by atoms with Crippen LogP contribution in [-0.2, 0) is 23.1 Å². The van der Waals surface area contributed by atoms with Crippen LogP contribution >= 0.6 is 0 Å². The van der Waals surface area contributed by atoms with Crippen LogP contribution in [0.5, 0.6) is 0 Å². The summed E-state index contributed by atoms with van der Waals surface area (Å²) in [5.41, 5.74) is -0.143. The topological polar surface area (TPSA) is 134 Å². The number of aryl methyl sites for hydroxylation is 1. The monoisotopic (exact) mass is 473 g/mol. The van der Waals surface area contributed by atoms with Gasteiger partial charge in [0.25, 0.3) is 11.5 Å². The lowest BCUT2D eigenvalue weighted by Crippen LogP contribution is -2.33. The van der Waals surface area contributed by atoms with Crippen molar-refractivity contribution in [2.24, 2.45) is 0 Å². The highest BCUT2D eigenvalue weighted by Crippen LogP contribution is 2.21. The van der Waals surface area contributed by atoms with Crippen LogP contribution < -0.4 is 16.6 Å². The Morgan fingerprint density at radius 1 is 1.21 bits per heavy atom. The Hall–Kier alpha value is -3.31. The van der Waals surface area contributed by atoms with E-state index in [0.717, 1.165) is 4.31 Å². The van der Waals surface area contributed by atoms with Gasteiger partial charge < -0.3 is 5.32 Å². The highest BCUT2D eigenvalue weighted by molar-refractivity contribution is 7.89. The molecule has 2 heterocycles. The SMILES string of the molecule is CCn1c(=O)[nH]c(=O)c2c(C(=O)NCc3ccccc3S(=O)(=O)N(C)C)cc(C(C)C)nc21. The predicted molar refractivity (Wildman–Crippen MR) is 125 cm³/mol. The molecule has 0 saturated carbocycles. The van der Waals surface area contributed by atoms with Gasteiger partial charge in [-0.1, -0.05) is 32.0 Å². The van der Waals surface area contributed by atoms with E-state index in [2.05, 4.69) is 15.3 Å². The number of aromatic nitrogens is 3. The molecule has 0 spiro atoms. The van der Waals surface area contributed by atoms with E-state index in [0.29, 0.717) is 11.3 Å². The maximum atomic E-state index is 13.2. The van der Waals surface area contributed by atoms with E-state index >= 15 is 0 Å². The number of sulfonamides is 1. The molecule has 0 atom stereocenters. The molecule has 0 saturated heterocycles. The van der Waals surface area contributed by atoms with E-state index in [1.165, 1.54) is 30.8 Å². The van der Waals surface area contributed by atoms with Crippen LogP contribution in [0.4, 0.5) is 0 Å². The maximum absolute atomic E-state index is 13.2. The summed E-state index contributed by atoms with van der Waals surface area (Å²) in [6.07, 6.45) is 0. The van der Waals surface area contributed by atoms with Gasteiger partial charge in [0.1, 0.15) is 0 Å². The fourth-order valence-electron chi connectivity index (χ4n) is 3.43. The van der Waals surface area contributed by atoms with Crippen LogP contribution in [0.1, 0.15) is 48.3 Å². The largest absolute Gasteiger partial charge is 0.348 e. The van der Waals surface area contributed by atoms with E-state index < -0.39 is 27.2 Å². The smallest absolute Gasteiger partial charge is 0.329 e. The van der Waals surface area contributed by atoms with Crippen molar-refractivity contribution >= 4 is 27.0 Å². The summed E-state index contributed by atoms with van der Waals surface area (Å²) in [6.45, 7) is 5.70. The average Bonchev–Trinajstić information content (AvgIpc) is 2.76. The normalized spacial score (nSPS) is 12.0. The molecule has 1 aromatic carbocycles. The van der Waals surface area contributed by atoms with E-state index in [9.17, 15) is 22.8 Å². The lowest BCUT2D eigenvalue weighted by Gasteiger charge is -2.16. The molecule has 0 bridgehead atoms. The minimum atomic E-state index is -3.71. The van der Waals surface area contributed by atoms with Crippen molar-refractivity contribution in [2.75, 3.05) is 14.1 Å². The van der Waals surface area contributed by atoms with Gasteiger partial charge in [-0.05, 0) is 30.5 Å². The Balaban J connectivity index is 2.10. The summed E-state index contributed by atoms with van der Waals surface area (Å²) in [5.74, 6) is -0.639. The summed E-state index contributed by atoms with van der Waals surface area (Å²) < 4.78 is 27.7. The molecule has 1 amide bonds. The Bertz CT molecular complexity index is 1440. The zero-order chi connectivity index (χ0) is 24.5. The van der Waals surface area contributed by atoms with Gasteiger partial charge >= 0.3 is 5.69 Å². The minimum Gasteiger partial charge on any atom is -0.348 e. The molecule has 33 heavy (non-hydrogen) atoms. The molecule has 0 aliphatic rings. The van der Waals surface area contributed by atoms with Gasteiger partial charge in [0.15, 0.2) is 5.65 Å². The summed E-state index contributed by atoms with van der Waals surface area (Å²) in [6, 6.07) is 7.91. The third-order valence-corrected chi connectivity index (χ3v) is 7.21. The fraction of sp³-hybridized carbons (Fsp3) is 0.364. The van der Waals surface area contributed by atoms with Gasteiger partial charge in [-0.2, -0.15) is 0 Å². The Labute approximate surface area is 191 Å². The van der Waals surface area contributed by atoms with Crippen LogP contribution in [0.3, 0.4) is 0 Å². The maximum Gasteiger partial charge on any atom is 0.329 e. The zero-order valence-corrected chi connectivity index (χ0v) is 20.0. The van der Waals surface area contributed by atoms with Crippen molar-refractivity contribution < 1.29 is 13.2 Å². The Morgan fingerprint density at radius 3 is 2.48 bits per heavy atom. The molecule has 3 aromatic rings. The van der Waals surface area contributed by atoms with Gasteiger partial charge in [-0.15, -0.1) is 0 Å². The molecule has 0 aliphatic carbocycles. The number of fused-ring (bicyclic) bond motifs is 1. The van der Waals surface area contributed by atoms with Gasteiger partial charge in [-0.3, -0.25) is 19.1 Å². The third-order valence-electron chi connectivity index (χ3n) is 5.29. The molecule has 0 radical (unpaired) electrons. The molecular formula is C22H27N5O5S. The van der Waals surface area contributed by atoms with Gasteiger partial charge in [0, 0.05) is 32.9 Å². The summed E-state index contributed by atoms with van der Waals surface area (Å²) >= 11 is 0. The van der Waals surface area contributed by atoms with Crippen LogP contribution in [0.15, 0.2) is 44.8 Å². The number of pyridine rings is 1. The van der Waals surface area contributed by atoms with Crippen LogP contribution in [0.2, 0.25) is 0 Å². The number of nitrogens with zero attached hydrogens (tertiary/aromatic N) is 3. The van der Waals surface area contributed by atoms with Crippen molar-refractivity contribution in [1.82, 2.24) is 24.2 Å². The number of nitrogens with one attached hydrogen (secondary N) is 2. The number of hydrogen-bond acceptors (Lipinski definition) is 6. The first-order valence-electron chi connectivity index (χ1n) is 10.4. The lowest BCUT2D eigenvalue weighted by atomic mass is 10.0. The first kappa shape index (κ1) is 24.3. The molecule has 3 rings (SSSR count). The number of H-pyrrole nitrogens is 1. The first-order valence-corrected chi connectivity index (χ1v) is 11.9. The van der Waals surface area contributed by atoms with E-state index in [-0.39, 0.29) is 40.5 Å². The van der Waals surface area contributed by atoms with Crippen LogP contribution in [-0.4, -0.2) is 47.3 Å². The standard InChI is InChI=1S/C22H27N5O5S/c1-6-27-19-18(21(29)25-22(27)30)15(11-16(24-19)13(2)3)20(28)23-12-14-9-7-8-10-17(14)33(31,32)26(4)5/h7-11,13H,6,12H2,1-5H3,(H,23,28)(H,25,29,30). The molecule has 0 unspecified atom stereocenters. The molecule has 0 fully saturated rings. The number of carbonyl (C=O) groups is 1. The van der Waals surface area contributed by atoms with E-state index in [1.807, 2.05) is 13.8 Å². The summed E-state index contributed by atoms with van der Waals surface area (Å²) in [4.78, 5) is 44.9. The Morgan fingerprint density at radius 2 is 1.88 bits per heavy atom. The third kappa shape index (κ3) is 4.60. The van der Waals surface area contributed by atoms with Crippen molar-refractivity contribution in [2.45, 2.75) is 44.7 Å². The Kier molecular flexibility index (Phi) is 6.84. The highest BCUT2D eigenvalue weighted by atomic mass is 32.2. The van der Waals surface area contributed by atoms with Gasteiger partial charge in [0.05, 0.1) is 15.8 Å². The quantitative estimate of drug-likeness (QED) is 0.533. The van der Waals surface area contributed by atoms with Crippen molar-refractivity contribution in [3.63, 3.8) is 0 Å². The highest BCUT2D eigenvalue weighted by Gasteiger charge is 2.23. The number of aromatic amines is 1. The number of benzene rings is 1. The second kappa shape index (κ2) is 9.28. The molecule has 2 aromatic heterocycles. The van der Waals surface area contributed by atoms with Crippen LogP contribution in [0, 0.1) is 0 Å².